The molecule has 7 heteroatoms. The Kier molecular flexibility index (Phi) is 5.41. The summed E-state index contributed by atoms with van der Waals surface area (Å²) in [6.07, 6.45) is 7.37. The molecule has 0 aliphatic carbocycles. The fraction of sp³-hybridized carbons (Fsp3) is 0.440. The standard InChI is InChI=1S/C25H29N5O2/c1-17-16-30-23(26-24(17)28-11-5-6-12-28)15-21(27-30)22-10-3-4-13-29(22)25(32)20-9-7-8-19(14-20)18(2)31/h7-9,14-16,22H,3-6,10-13H2,1-2H3. The fourth-order valence-corrected chi connectivity index (χ4v) is 4.95. The molecule has 2 aliphatic heterocycles. The minimum atomic E-state index is -0.0884. The van der Waals surface area contributed by atoms with Crippen molar-refractivity contribution in [1.29, 1.82) is 0 Å². The highest BCUT2D eigenvalue weighted by molar-refractivity contribution is 5.99. The van der Waals surface area contributed by atoms with Crippen LogP contribution in [0.1, 0.15) is 77.0 Å². The number of aromatic nitrogens is 3. The van der Waals surface area contributed by atoms with Gasteiger partial charge in [0.1, 0.15) is 5.82 Å². The minimum Gasteiger partial charge on any atom is -0.356 e. The van der Waals surface area contributed by atoms with Gasteiger partial charge in [-0.25, -0.2) is 9.50 Å². The maximum absolute atomic E-state index is 13.4. The number of rotatable bonds is 4. The van der Waals surface area contributed by atoms with E-state index in [4.69, 9.17) is 10.1 Å². The van der Waals surface area contributed by atoms with Gasteiger partial charge in [-0.05, 0) is 58.1 Å². The Morgan fingerprint density at radius 1 is 1.00 bits per heavy atom. The average Bonchev–Trinajstić information content (AvgIpc) is 3.48. The Hall–Kier alpha value is -3.22. The summed E-state index contributed by atoms with van der Waals surface area (Å²) in [6, 6.07) is 8.96. The summed E-state index contributed by atoms with van der Waals surface area (Å²) in [5.74, 6) is 0.960. The van der Waals surface area contributed by atoms with Crippen molar-refractivity contribution in [1.82, 2.24) is 19.5 Å². The number of likely N-dealkylation sites (tertiary alicyclic amines) is 1. The van der Waals surface area contributed by atoms with Crippen LogP contribution in [0.2, 0.25) is 0 Å². The first-order valence-corrected chi connectivity index (χ1v) is 11.5. The third-order valence-electron chi connectivity index (χ3n) is 6.65. The lowest BCUT2D eigenvalue weighted by atomic mass is 9.97. The number of hydrogen-bond donors (Lipinski definition) is 0. The molecule has 0 bridgehead atoms. The van der Waals surface area contributed by atoms with Crippen LogP contribution in [0.3, 0.4) is 0 Å². The minimum absolute atomic E-state index is 0.0366. The van der Waals surface area contributed by atoms with Crippen LogP contribution in [0.4, 0.5) is 5.82 Å². The summed E-state index contributed by atoms with van der Waals surface area (Å²) in [4.78, 5) is 34.4. The van der Waals surface area contributed by atoms with E-state index in [1.54, 1.807) is 24.3 Å². The van der Waals surface area contributed by atoms with Gasteiger partial charge in [0.2, 0.25) is 0 Å². The van der Waals surface area contributed by atoms with Gasteiger partial charge in [0.05, 0.1) is 11.7 Å². The molecule has 0 saturated carbocycles. The van der Waals surface area contributed by atoms with Crippen LogP contribution < -0.4 is 4.90 Å². The highest BCUT2D eigenvalue weighted by Crippen LogP contribution is 2.33. The van der Waals surface area contributed by atoms with Crippen LogP contribution >= 0.6 is 0 Å². The topological polar surface area (TPSA) is 70.8 Å². The van der Waals surface area contributed by atoms with Gasteiger partial charge in [-0.3, -0.25) is 9.59 Å². The lowest BCUT2D eigenvalue weighted by Crippen LogP contribution is -2.38. The SMILES string of the molecule is CC(=O)c1cccc(C(=O)N2CCCCC2c2cc3nc(N4CCCC4)c(C)cn3n2)c1. The molecule has 7 nitrogen and oxygen atoms in total. The lowest BCUT2D eigenvalue weighted by molar-refractivity contribution is 0.0605. The number of hydrogen-bond acceptors (Lipinski definition) is 5. The van der Waals surface area contributed by atoms with Gasteiger partial charge < -0.3 is 9.80 Å². The molecule has 0 spiro atoms. The summed E-state index contributed by atoms with van der Waals surface area (Å²) in [7, 11) is 0. The number of benzene rings is 1. The first kappa shape index (κ1) is 20.7. The third-order valence-corrected chi connectivity index (χ3v) is 6.65. The molecule has 3 aromatic rings. The smallest absolute Gasteiger partial charge is 0.254 e. The Morgan fingerprint density at radius 3 is 2.53 bits per heavy atom. The van der Waals surface area contributed by atoms with E-state index in [9.17, 15) is 9.59 Å². The fourth-order valence-electron chi connectivity index (χ4n) is 4.95. The average molecular weight is 432 g/mol. The summed E-state index contributed by atoms with van der Waals surface area (Å²) in [5, 5.41) is 4.82. The Bertz CT molecular complexity index is 1180. The molecule has 4 heterocycles. The molecular weight excluding hydrogens is 402 g/mol. The van der Waals surface area contributed by atoms with E-state index >= 15 is 0 Å². The third kappa shape index (κ3) is 3.76. The zero-order valence-electron chi connectivity index (χ0n) is 18.8. The van der Waals surface area contributed by atoms with Crippen molar-refractivity contribution in [2.24, 2.45) is 0 Å². The van der Waals surface area contributed by atoms with Gasteiger partial charge in [-0.1, -0.05) is 12.1 Å². The van der Waals surface area contributed by atoms with Gasteiger partial charge in [0.15, 0.2) is 11.4 Å². The van der Waals surface area contributed by atoms with Gasteiger partial charge in [-0.2, -0.15) is 5.10 Å². The molecular formula is C25H29N5O2. The van der Waals surface area contributed by atoms with Crippen molar-refractivity contribution in [3.63, 3.8) is 0 Å². The maximum Gasteiger partial charge on any atom is 0.254 e. The van der Waals surface area contributed by atoms with Gasteiger partial charge in [-0.15, -0.1) is 0 Å². The Labute approximate surface area is 188 Å². The van der Waals surface area contributed by atoms with E-state index in [-0.39, 0.29) is 17.7 Å². The molecule has 32 heavy (non-hydrogen) atoms. The van der Waals surface area contributed by atoms with Crippen molar-refractivity contribution < 1.29 is 9.59 Å². The molecule has 2 aliphatic rings. The second-order valence-electron chi connectivity index (χ2n) is 8.96. The van der Waals surface area contributed by atoms with E-state index in [0.29, 0.717) is 17.7 Å². The van der Waals surface area contributed by atoms with E-state index in [0.717, 1.165) is 55.1 Å². The summed E-state index contributed by atoms with van der Waals surface area (Å²) < 4.78 is 1.85. The van der Waals surface area contributed by atoms with E-state index in [1.165, 1.54) is 19.8 Å². The Balaban J connectivity index is 1.47. The van der Waals surface area contributed by atoms with Crippen LogP contribution in [0.25, 0.3) is 5.65 Å². The first-order chi connectivity index (χ1) is 15.5. The number of fused-ring (bicyclic) bond motifs is 1. The maximum atomic E-state index is 13.4. The molecule has 5 rings (SSSR count). The van der Waals surface area contributed by atoms with Crippen molar-refractivity contribution >= 4 is 23.2 Å². The van der Waals surface area contributed by atoms with Crippen LogP contribution in [0.5, 0.6) is 0 Å². The molecule has 166 valence electrons. The van der Waals surface area contributed by atoms with Crippen LogP contribution in [0, 0.1) is 6.92 Å². The highest BCUT2D eigenvalue weighted by Gasteiger charge is 2.31. The molecule has 2 aromatic heterocycles. The number of nitrogens with zero attached hydrogens (tertiary/aromatic N) is 5. The molecule has 2 saturated heterocycles. The van der Waals surface area contributed by atoms with Crippen LogP contribution in [-0.4, -0.2) is 50.8 Å². The molecule has 1 unspecified atom stereocenters. The normalized spacial score (nSPS) is 19.0. The number of piperidine rings is 1. The van der Waals surface area contributed by atoms with Crippen molar-refractivity contribution in [2.45, 2.75) is 52.0 Å². The zero-order valence-corrected chi connectivity index (χ0v) is 18.8. The molecule has 0 N–H and O–H groups in total. The summed E-state index contributed by atoms with van der Waals surface area (Å²) >= 11 is 0. The molecule has 1 amide bonds. The quantitative estimate of drug-likeness (QED) is 0.579. The monoisotopic (exact) mass is 431 g/mol. The van der Waals surface area contributed by atoms with E-state index < -0.39 is 0 Å². The molecule has 1 atom stereocenters. The molecule has 0 radical (unpaired) electrons. The second-order valence-corrected chi connectivity index (χ2v) is 8.96. The number of Topliss-reactive ketones (excluding diaryl/α,β-unsaturated/α-hetero) is 1. The number of carbonyl (C=O) groups is 2. The van der Waals surface area contributed by atoms with Crippen molar-refractivity contribution in [2.75, 3.05) is 24.5 Å². The largest absolute Gasteiger partial charge is 0.356 e. The van der Waals surface area contributed by atoms with Crippen molar-refractivity contribution in [3.8, 4) is 0 Å². The Morgan fingerprint density at radius 2 is 1.75 bits per heavy atom. The van der Waals surface area contributed by atoms with Gasteiger partial charge >= 0.3 is 0 Å². The number of ketones is 1. The predicted octanol–water partition coefficient (Wildman–Crippen LogP) is 4.21. The number of amides is 1. The first-order valence-electron chi connectivity index (χ1n) is 11.5. The van der Waals surface area contributed by atoms with Gasteiger partial charge in [0.25, 0.3) is 5.91 Å². The summed E-state index contributed by atoms with van der Waals surface area (Å²) in [5.41, 5.74) is 3.94. The highest BCUT2D eigenvalue weighted by atomic mass is 16.2. The summed E-state index contributed by atoms with van der Waals surface area (Å²) in [6.45, 7) is 6.40. The molecule has 2 fully saturated rings. The second kappa shape index (κ2) is 8.37. The van der Waals surface area contributed by atoms with Crippen LogP contribution in [0.15, 0.2) is 36.5 Å². The number of anilines is 1. The van der Waals surface area contributed by atoms with Crippen LogP contribution in [-0.2, 0) is 0 Å². The molecule has 1 aromatic carbocycles. The van der Waals surface area contributed by atoms with E-state index in [1.807, 2.05) is 21.7 Å². The van der Waals surface area contributed by atoms with E-state index in [2.05, 4.69) is 11.8 Å². The van der Waals surface area contributed by atoms with Gasteiger partial charge in [0, 0.05) is 48.6 Å². The van der Waals surface area contributed by atoms with Crippen molar-refractivity contribution in [3.05, 3.63) is 58.9 Å². The zero-order chi connectivity index (χ0) is 22.2. The number of carbonyl (C=O) groups excluding carboxylic acids is 2. The number of aryl methyl sites for hydroxylation is 1. The lowest BCUT2D eigenvalue weighted by Gasteiger charge is -2.34. The predicted molar refractivity (Wildman–Crippen MR) is 123 cm³/mol.